The minimum atomic E-state index is -0.131. The number of ether oxygens (including phenoxy) is 1. The predicted octanol–water partition coefficient (Wildman–Crippen LogP) is 2.69. The van der Waals surface area contributed by atoms with E-state index in [0.717, 1.165) is 32.3 Å². The van der Waals surface area contributed by atoms with Gasteiger partial charge in [0.15, 0.2) is 0 Å². The molecule has 1 unspecified atom stereocenters. The fourth-order valence-corrected chi connectivity index (χ4v) is 3.87. The SMILES string of the molecule is CC(=O)Nc1ccc(NC(=O)C2CCC(C(=O)NCC3CCCO3)CC2)cc1. The molecule has 7 nitrogen and oxygen atoms in total. The number of nitrogens with one attached hydrogen (secondary N) is 3. The zero-order chi connectivity index (χ0) is 19.9. The molecule has 2 fully saturated rings. The zero-order valence-corrected chi connectivity index (χ0v) is 16.3. The van der Waals surface area contributed by atoms with Gasteiger partial charge < -0.3 is 20.7 Å². The molecule has 7 heteroatoms. The van der Waals surface area contributed by atoms with E-state index in [2.05, 4.69) is 16.0 Å². The van der Waals surface area contributed by atoms with Crippen molar-refractivity contribution in [2.45, 2.75) is 51.6 Å². The maximum absolute atomic E-state index is 12.5. The second-order valence-corrected chi connectivity index (χ2v) is 7.68. The maximum Gasteiger partial charge on any atom is 0.227 e. The highest BCUT2D eigenvalue weighted by atomic mass is 16.5. The van der Waals surface area contributed by atoms with Crippen molar-refractivity contribution < 1.29 is 19.1 Å². The van der Waals surface area contributed by atoms with Gasteiger partial charge in [-0.2, -0.15) is 0 Å². The molecule has 1 heterocycles. The van der Waals surface area contributed by atoms with E-state index in [0.29, 0.717) is 30.8 Å². The monoisotopic (exact) mass is 387 g/mol. The van der Waals surface area contributed by atoms with Crippen LogP contribution in [0.4, 0.5) is 11.4 Å². The van der Waals surface area contributed by atoms with Crippen molar-refractivity contribution in [3.63, 3.8) is 0 Å². The van der Waals surface area contributed by atoms with Crippen molar-refractivity contribution >= 4 is 29.1 Å². The molecule has 1 aromatic rings. The molecule has 3 N–H and O–H groups in total. The average molecular weight is 387 g/mol. The Balaban J connectivity index is 1.40. The Morgan fingerprint density at radius 3 is 2.00 bits per heavy atom. The summed E-state index contributed by atoms with van der Waals surface area (Å²) in [6, 6.07) is 7.05. The van der Waals surface area contributed by atoms with Crippen LogP contribution >= 0.6 is 0 Å². The molecule has 3 rings (SSSR count). The summed E-state index contributed by atoms with van der Waals surface area (Å²) in [6.45, 7) is 2.83. The van der Waals surface area contributed by atoms with Gasteiger partial charge in [-0.25, -0.2) is 0 Å². The van der Waals surface area contributed by atoms with E-state index in [9.17, 15) is 14.4 Å². The van der Waals surface area contributed by atoms with Crippen molar-refractivity contribution in [3.8, 4) is 0 Å². The first-order valence-corrected chi connectivity index (χ1v) is 10.1. The summed E-state index contributed by atoms with van der Waals surface area (Å²) in [6.07, 6.45) is 5.13. The maximum atomic E-state index is 12.5. The molecule has 0 radical (unpaired) electrons. The molecule has 0 bridgehead atoms. The quantitative estimate of drug-likeness (QED) is 0.699. The molecule has 1 saturated heterocycles. The first-order valence-electron chi connectivity index (χ1n) is 10.1. The van der Waals surface area contributed by atoms with Crippen molar-refractivity contribution in [2.24, 2.45) is 11.8 Å². The van der Waals surface area contributed by atoms with Gasteiger partial charge in [-0.05, 0) is 62.8 Å². The summed E-state index contributed by atoms with van der Waals surface area (Å²) in [5, 5.41) is 8.63. The Hall–Kier alpha value is -2.41. The van der Waals surface area contributed by atoms with E-state index in [1.807, 2.05) is 0 Å². The highest BCUT2D eigenvalue weighted by molar-refractivity contribution is 5.93. The van der Waals surface area contributed by atoms with Crippen LogP contribution in [0.1, 0.15) is 45.4 Å². The van der Waals surface area contributed by atoms with Gasteiger partial charge in [-0.3, -0.25) is 14.4 Å². The molecule has 1 aliphatic carbocycles. The lowest BCUT2D eigenvalue weighted by molar-refractivity contribution is -0.128. The van der Waals surface area contributed by atoms with Crippen LogP contribution in [0.2, 0.25) is 0 Å². The van der Waals surface area contributed by atoms with Crippen molar-refractivity contribution in [1.29, 1.82) is 0 Å². The van der Waals surface area contributed by atoms with Gasteiger partial charge in [-0.15, -0.1) is 0 Å². The predicted molar refractivity (Wildman–Crippen MR) is 107 cm³/mol. The van der Waals surface area contributed by atoms with Crippen LogP contribution in [0.5, 0.6) is 0 Å². The molecule has 1 aliphatic heterocycles. The van der Waals surface area contributed by atoms with Crippen molar-refractivity contribution in [2.75, 3.05) is 23.8 Å². The largest absolute Gasteiger partial charge is 0.376 e. The number of rotatable bonds is 6. The Kier molecular flexibility index (Phi) is 7.03. The Bertz CT molecular complexity index is 690. The van der Waals surface area contributed by atoms with Gasteiger partial charge in [-0.1, -0.05) is 0 Å². The highest BCUT2D eigenvalue weighted by Gasteiger charge is 2.30. The molecule has 1 aromatic carbocycles. The first-order chi connectivity index (χ1) is 13.5. The number of amides is 3. The first kappa shape index (κ1) is 20.3. The highest BCUT2D eigenvalue weighted by Crippen LogP contribution is 2.30. The van der Waals surface area contributed by atoms with E-state index in [4.69, 9.17) is 4.74 Å². The molecule has 0 aromatic heterocycles. The summed E-state index contributed by atoms with van der Waals surface area (Å²) >= 11 is 0. The molecular weight excluding hydrogens is 358 g/mol. The lowest BCUT2D eigenvalue weighted by Gasteiger charge is -2.27. The normalized spacial score (nSPS) is 24.4. The molecule has 1 atom stereocenters. The van der Waals surface area contributed by atoms with Crippen LogP contribution in [0.3, 0.4) is 0 Å². The zero-order valence-electron chi connectivity index (χ0n) is 16.3. The van der Waals surface area contributed by atoms with E-state index in [1.54, 1.807) is 24.3 Å². The number of anilines is 2. The average Bonchev–Trinajstić information content (AvgIpc) is 3.21. The second kappa shape index (κ2) is 9.68. The number of hydrogen-bond donors (Lipinski definition) is 3. The third-order valence-electron chi connectivity index (χ3n) is 5.47. The van der Waals surface area contributed by atoms with Gasteiger partial charge in [0.2, 0.25) is 17.7 Å². The van der Waals surface area contributed by atoms with Gasteiger partial charge in [0, 0.05) is 43.3 Å². The Morgan fingerprint density at radius 1 is 0.893 bits per heavy atom. The second-order valence-electron chi connectivity index (χ2n) is 7.68. The molecule has 3 amide bonds. The molecule has 28 heavy (non-hydrogen) atoms. The van der Waals surface area contributed by atoms with Crippen LogP contribution in [0.25, 0.3) is 0 Å². The summed E-state index contributed by atoms with van der Waals surface area (Å²) in [4.78, 5) is 35.9. The van der Waals surface area contributed by atoms with Gasteiger partial charge in [0.25, 0.3) is 0 Å². The molecule has 2 aliphatic rings. The van der Waals surface area contributed by atoms with Crippen LogP contribution in [0.15, 0.2) is 24.3 Å². The van der Waals surface area contributed by atoms with E-state index in [-0.39, 0.29) is 35.7 Å². The van der Waals surface area contributed by atoms with E-state index in [1.165, 1.54) is 6.92 Å². The standard InChI is InChI=1S/C21H29N3O4/c1-14(25)23-17-8-10-18(11-9-17)24-21(27)16-6-4-15(5-7-16)20(26)22-13-19-3-2-12-28-19/h8-11,15-16,19H,2-7,12-13H2,1H3,(H,22,26)(H,23,25)(H,24,27). The van der Waals surface area contributed by atoms with Gasteiger partial charge in [0.1, 0.15) is 0 Å². The number of hydrogen-bond acceptors (Lipinski definition) is 4. The van der Waals surface area contributed by atoms with Gasteiger partial charge >= 0.3 is 0 Å². The number of benzene rings is 1. The number of carbonyl (C=O) groups is 3. The topological polar surface area (TPSA) is 96.5 Å². The summed E-state index contributed by atoms with van der Waals surface area (Å²) in [7, 11) is 0. The Labute approximate surface area is 165 Å². The molecule has 0 spiro atoms. The minimum absolute atomic E-state index is 0.00880. The fraction of sp³-hybridized carbons (Fsp3) is 0.571. The third kappa shape index (κ3) is 5.79. The van der Waals surface area contributed by atoms with Crippen LogP contribution in [-0.4, -0.2) is 37.0 Å². The van der Waals surface area contributed by atoms with Crippen molar-refractivity contribution in [1.82, 2.24) is 5.32 Å². The molecule has 152 valence electrons. The van der Waals surface area contributed by atoms with E-state index < -0.39 is 0 Å². The Morgan fingerprint density at radius 2 is 1.46 bits per heavy atom. The smallest absolute Gasteiger partial charge is 0.227 e. The summed E-state index contributed by atoms with van der Waals surface area (Å²) < 4.78 is 5.53. The van der Waals surface area contributed by atoms with Gasteiger partial charge in [0.05, 0.1) is 6.10 Å². The summed E-state index contributed by atoms with van der Waals surface area (Å²) in [5.74, 6) is -0.138. The van der Waals surface area contributed by atoms with Crippen LogP contribution in [0, 0.1) is 11.8 Å². The van der Waals surface area contributed by atoms with Crippen LogP contribution in [-0.2, 0) is 19.1 Å². The number of carbonyl (C=O) groups excluding carboxylic acids is 3. The lowest BCUT2D eigenvalue weighted by atomic mass is 9.81. The lowest BCUT2D eigenvalue weighted by Crippen LogP contribution is -2.38. The minimum Gasteiger partial charge on any atom is -0.376 e. The fourth-order valence-electron chi connectivity index (χ4n) is 3.87. The third-order valence-corrected chi connectivity index (χ3v) is 5.47. The summed E-state index contributed by atoms with van der Waals surface area (Å²) in [5.41, 5.74) is 1.40. The van der Waals surface area contributed by atoms with Crippen LogP contribution < -0.4 is 16.0 Å². The molecule has 1 saturated carbocycles. The van der Waals surface area contributed by atoms with E-state index >= 15 is 0 Å². The molecular formula is C21H29N3O4. The van der Waals surface area contributed by atoms with Crippen molar-refractivity contribution in [3.05, 3.63) is 24.3 Å².